The van der Waals surface area contributed by atoms with E-state index in [0.29, 0.717) is 11.3 Å². The summed E-state index contributed by atoms with van der Waals surface area (Å²) in [4.78, 5) is 19.0. The molecule has 1 aromatic rings. The smallest absolute Gasteiger partial charge is 0.293 e. The largest absolute Gasteiger partial charge is 0.386 e. The van der Waals surface area contributed by atoms with Crippen LogP contribution in [0, 0.1) is 33.5 Å². The molecular formula is C17H15N5O3. The van der Waals surface area contributed by atoms with Gasteiger partial charge >= 0.3 is 0 Å². The van der Waals surface area contributed by atoms with Crippen LogP contribution in [0.25, 0.3) is 0 Å². The summed E-state index contributed by atoms with van der Waals surface area (Å²) in [6, 6.07) is 11.3. The molecule has 0 saturated heterocycles. The number of fused-ring (bicyclic) bond motifs is 5. The number of anilines is 1. The van der Waals surface area contributed by atoms with E-state index in [2.05, 4.69) is 17.1 Å². The van der Waals surface area contributed by atoms with E-state index >= 15 is 0 Å². The molecule has 126 valence electrons. The second kappa shape index (κ2) is 4.17. The van der Waals surface area contributed by atoms with Gasteiger partial charge in [0.05, 0.1) is 12.1 Å². The Morgan fingerprint density at radius 1 is 1.20 bits per heavy atom. The van der Waals surface area contributed by atoms with Crippen LogP contribution in [0.3, 0.4) is 0 Å². The predicted molar refractivity (Wildman–Crippen MR) is 86.0 cm³/mol. The highest BCUT2D eigenvalue weighted by atomic mass is 16.7. The maximum atomic E-state index is 13.4. The van der Waals surface area contributed by atoms with Gasteiger partial charge in [-0.15, -0.1) is 0 Å². The van der Waals surface area contributed by atoms with Crippen molar-refractivity contribution >= 4 is 17.4 Å². The molecule has 0 bridgehead atoms. The molecule has 8 heteroatoms. The van der Waals surface area contributed by atoms with E-state index in [9.17, 15) is 15.3 Å². The fraction of sp³-hybridized carbons (Fsp3) is 0.412. The summed E-state index contributed by atoms with van der Waals surface area (Å²) in [5.74, 6) is -2.36. The van der Waals surface area contributed by atoms with Crippen LogP contribution in [-0.2, 0) is 19.7 Å². The number of likely N-dealkylation sites (N-methyl/N-ethyl adjacent to an activating group) is 1. The first-order valence-corrected chi connectivity index (χ1v) is 7.58. The molecule has 1 aromatic carbocycles. The summed E-state index contributed by atoms with van der Waals surface area (Å²) in [7, 11) is 4.23. The number of amides is 1. The van der Waals surface area contributed by atoms with Crippen LogP contribution in [-0.4, -0.2) is 38.9 Å². The number of nitriles is 2. The molecule has 3 aliphatic rings. The average molecular weight is 337 g/mol. The number of nitrogens with two attached hydrogens (primary N) is 1. The van der Waals surface area contributed by atoms with Crippen LogP contribution in [0.4, 0.5) is 5.69 Å². The van der Waals surface area contributed by atoms with Crippen molar-refractivity contribution in [1.29, 1.82) is 10.5 Å². The van der Waals surface area contributed by atoms with Crippen molar-refractivity contribution in [2.75, 3.05) is 26.2 Å². The van der Waals surface area contributed by atoms with Crippen LogP contribution >= 0.6 is 0 Å². The van der Waals surface area contributed by atoms with E-state index in [1.54, 1.807) is 31.3 Å². The molecule has 3 atom stereocenters. The number of methoxy groups -OCH3 is 2. The monoisotopic (exact) mass is 337 g/mol. The van der Waals surface area contributed by atoms with E-state index in [4.69, 9.17) is 15.2 Å². The Kier molecular flexibility index (Phi) is 2.60. The molecule has 25 heavy (non-hydrogen) atoms. The van der Waals surface area contributed by atoms with Gasteiger partial charge in [0.15, 0.2) is 10.8 Å². The highest BCUT2D eigenvalue weighted by Gasteiger charge is 3.05. The summed E-state index contributed by atoms with van der Waals surface area (Å²) in [6.45, 7) is 0. The first-order valence-electron chi connectivity index (χ1n) is 7.58. The van der Waals surface area contributed by atoms with Crippen LogP contribution in [0.2, 0.25) is 0 Å². The zero-order chi connectivity index (χ0) is 18.3. The molecule has 2 aliphatic heterocycles. The first kappa shape index (κ1) is 15.6. The number of aliphatic imine (C=N–C) groups is 1. The van der Waals surface area contributed by atoms with E-state index in [1.807, 2.05) is 0 Å². The predicted octanol–water partition coefficient (Wildman–Crippen LogP) is 0.252. The SMILES string of the molecule is COC1(OC)N=C(N)C2(C#N)C3(C(=O)N(C)c4ccccc43)C12C#N. The van der Waals surface area contributed by atoms with Crippen molar-refractivity contribution in [3.05, 3.63) is 29.8 Å². The van der Waals surface area contributed by atoms with E-state index in [1.165, 1.54) is 19.1 Å². The number of amidine groups is 1. The van der Waals surface area contributed by atoms with Gasteiger partial charge in [0.25, 0.3) is 5.91 Å². The van der Waals surface area contributed by atoms with Crippen molar-refractivity contribution in [3.63, 3.8) is 0 Å². The molecule has 8 nitrogen and oxygen atoms in total. The summed E-state index contributed by atoms with van der Waals surface area (Å²) in [6.07, 6.45) is 0. The lowest BCUT2D eigenvalue weighted by atomic mass is 9.84. The Labute approximate surface area is 144 Å². The number of nitrogens with zero attached hydrogens (tertiary/aromatic N) is 4. The minimum absolute atomic E-state index is 0.126. The molecule has 1 amide bonds. The third kappa shape index (κ3) is 1.06. The zero-order valence-electron chi connectivity index (χ0n) is 13.9. The Balaban J connectivity index is 2.17. The second-order valence-electron chi connectivity index (χ2n) is 6.34. The van der Waals surface area contributed by atoms with Crippen molar-refractivity contribution in [2.24, 2.45) is 21.6 Å². The van der Waals surface area contributed by atoms with Gasteiger partial charge in [0, 0.05) is 27.0 Å². The fourth-order valence-corrected chi connectivity index (χ4v) is 4.98. The van der Waals surface area contributed by atoms with Crippen LogP contribution in [0.1, 0.15) is 5.56 Å². The minimum Gasteiger partial charge on any atom is -0.386 e. The summed E-state index contributed by atoms with van der Waals surface area (Å²) in [5.41, 5.74) is 2.41. The highest BCUT2D eigenvalue weighted by Crippen LogP contribution is 2.87. The van der Waals surface area contributed by atoms with Gasteiger partial charge < -0.3 is 20.1 Å². The van der Waals surface area contributed by atoms with Gasteiger partial charge in [-0.05, 0) is 11.6 Å². The maximum absolute atomic E-state index is 13.4. The molecule has 1 saturated carbocycles. The maximum Gasteiger partial charge on any atom is 0.293 e. The molecule has 0 radical (unpaired) electrons. The van der Waals surface area contributed by atoms with Crippen molar-refractivity contribution in [1.82, 2.24) is 0 Å². The number of benzene rings is 1. The number of hydrogen-bond donors (Lipinski definition) is 1. The van der Waals surface area contributed by atoms with Crippen LogP contribution < -0.4 is 10.6 Å². The number of ether oxygens (including phenoxy) is 2. The summed E-state index contributed by atoms with van der Waals surface area (Å²) < 4.78 is 10.9. The van der Waals surface area contributed by atoms with E-state index < -0.39 is 28.1 Å². The van der Waals surface area contributed by atoms with Gasteiger partial charge in [0.1, 0.15) is 11.3 Å². The van der Waals surface area contributed by atoms with Crippen molar-refractivity contribution < 1.29 is 14.3 Å². The Bertz CT molecular complexity index is 940. The third-order valence-corrected chi connectivity index (χ3v) is 5.93. The van der Waals surface area contributed by atoms with E-state index in [0.717, 1.165) is 0 Å². The lowest BCUT2D eigenvalue weighted by Crippen LogP contribution is -2.48. The number of carbonyl (C=O) groups excluding carboxylic acids is 1. The highest BCUT2D eigenvalue weighted by molar-refractivity contribution is 6.21. The van der Waals surface area contributed by atoms with Gasteiger partial charge in [-0.1, -0.05) is 18.2 Å². The van der Waals surface area contributed by atoms with Gasteiger partial charge in [-0.25, -0.2) is 4.99 Å². The standard InChI is InChI=1S/C17H15N5O3/c1-22-11-7-5-4-6-10(11)16(13(22)23)14(8-18)12(20)21-17(24-2,25-3)15(14,16)9-19/h4-7H,1-3H3,(H2,20,21). The molecule has 4 rings (SSSR count). The number of carbonyl (C=O) groups is 1. The molecular weight excluding hydrogens is 322 g/mol. The third-order valence-electron chi connectivity index (χ3n) is 5.93. The Morgan fingerprint density at radius 3 is 2.40 bits per heavy atom. The molecule has 2 heterocycles. The normalized spacial score (nSPS) is 36.4. The minimum atomic E-state index is -1.84. The number of para-hydroxylation sites is 1. The van der Waals surface area contributed by atoms with Crippen molar-refractivity contribution in [2.45, 2.75) is 11.3 Å². The Morgan fingerprint density at radius 2 is 1.84 bits per heavy atom. The molecule has 0 aromatic heterocycles. The van der Waals surface area contributed by atoms with Gasteiger partial charge in [-0.2, -0.15) is 10.5 Å². The fourth-order valence-electron chi connectivity index (χ4n) is 4.98. The number of rotatable bonds is 2. The zero-order valence-corrected chi connectivity index (χ0v) is 13.9. The quantitative estimate of drug-likeness (QED) is 0.771. The first-order chi connectivity index (χ1) is 11.9. The molecule has 3 unspecified atom stereocenters. The average Bonchev–Trinajstić information content (AvgIpc) is 3.05. The van der Waals surface area contributed by atoms with Crippen molar-refractivity contribution in [3.8, 4) is 12.1 Å². The summed E-state index contributed by atoms with van der Waals surface area (Å²) >= 11 is 0. The molecule has 2 N–H and O–H groups in total. The van der Waals surface area contributed by atoms with Crippen LogP contribution in [0.15, 0.2) is 29.3 Å². The second-order valence-corrected chi connectivity index (χ2v) is 6.34. The van der Waals surface area contributed by atoms with Gasteiger partial charge in [0.2, 0.25) is 5.91 Å². The molecule has 1 aliphatic carbocycles. The topological polar surface area (TPSA) is 125 Å². The molecule has 1 spiro atoms. The summed E-state index contributed by atoms with van der Waals surface area (Å²) in [5, 5.41) is 20.2. The Hall–Kier alpha value is -2.94. The van der Waals surface area contributed by atoms with E-state index in [-0.39, 0.29) is 5.84 Å². The lowest BCUT2D eigenvalue weighted by molar-refractivity contribution is -0.233. The lowest BCUT2D eigenvalue weighted by Gasteiger charge is -2.31. The number of hydrogen-bond acceptors (Lipinski definition) is 7. The van der Waals surface area contributed by atoms with Gasteiger partial charge in [-0.3, -0.25) is 4.79 Å². The van der Waals surface area contributed by atoms with Crippen LogP contribution in [0.5, 0.6) is 0 Å². The molecule has 1 fully saturated rings.